The molecule has 0 radical (unpaired) electrons. The van der Waals surface area contributed by atoms with Crippen molar-refractivity contribution < 1.29 is 9.21 Å². The number of carbonyl (C=O) groups is 1. The minimum atomic E-state index is -0.353. The van der Waals surface area contributed by atoms with Gasteiger partial charge in [-0.25, -0.2) is 4.68 Å². The molecular formula is C20H15N3O3. The number of hydrogen-bond acceptors (Lipinski definition) is 4. The van der Waals surface area contributed by atoms with Gasteiger partial charge >= 0.3 is 0 Å². The largest absolute Gasteiger partial charge is 0.463 e. The average Bonchev–Trinajstić information content (AvgIpc) is 3.18. The Bertz CT molecular complexity index is 1130. The Morgan fingerprint density at radius 1 is 1.00 bits per heavy atom. The van der Waals surface area contributed by atoms with Gasteiger partial charge in [-0.2, -0.15) is 5.10 Å². The maximum Gasteiger partial charge on any atom is 0.267 e. The first-order valence-corrected chi connectivity index (χ1v) is 8.10. The first kappa shape index (κ1) is 15.8. The lowest BCUT2D eigenvalue weighted by molar-refractivity contribution is -0.117. The highest BCUT2D eigenvalue weighted by Gasteiger charge is 2.10. The second-order valence-electron chi connectivity index (χ2n) is 5.77. The van der Waals surface area contributed by atoms with Crippen LogP contribution in [0.3, 0.4) is 0 Å². The van der Waals surface area contributed by atoms with Gasteiger partial charge in [-0.1, -0.05) is 36.4 Å². The summed E-state index contributed by atoms with van der Waals surface area (Å²) in [4.78, 5) is 24.5. The van der Waals surface area contributed by atoms with Crippen LogP contribution in [0.25, 0.3) is 22.2 Å². The highest BCUT2D eigenvalue weighted by Crippen LogP contribution is 2.22. The van der Waals surface area contributed by atoms with Crippen molar-refractivity contribution in [3.63, 3.8) is 0 Å². The molecule has 0 saturated carbocycles. The van der Waals surface area contributed by atoms with Gasteiger partial charge in [0.15, 0.2) is 5.76 Å². The highest BCUT2D eigenvalue weighted by molar-refractivity contribution is 6.01. The molecular weight excluding hydrogens is 330 g/mol. The van der Waals surface area contributed by atoms with Gasteiger partial charge < -0.3 is 9.73 Å². The first-order valence-electron chi connectivity index (χ1n) is 8.10. The highest BCUT2D eigenvalue weighted by atomic mass is 16.3. The molecule has 2 heterocycles. The normalized spacial score (nSPS) is 10.8. The van der Waals surface area contributed by atoms with Crippen LogP contribution in [0.15, 0.2) is 82.2 Å². The van der Waals surface area contributed by atoms with E-state index in [9.17, 15) is 9.59 Å². The molecule has 26 heavy (non-hydrogen) atoms. The Kier molecular flexibility index (Phi) is 4.07. The maximum absolute atomic E-state index is 12.4. The fourth-order valence-corrected chi connectivity index (χ4v) is 2.78. The molecule has 0 unspecified atom stereocenters. The fourth-order valence-electron chi connectivity index (χ4n) is 2.78. The minimum absolute atomic E-state index is 0.184. The van der Waals surface area contributed by atoms with Gasteiger partial charge in [0.1, 0.15) is 12.2 Å². The van der Waals surface area contributed by atoms with Gasteiger partial charge in [-0.15, -0.1) is 0 Å². The second kappa shape index (κ2) is 6.68. The lowest BCUT2D eigenvalue weighted by atomic mass is 10.1. The number of furan rings is 1. The van der Waals surface area contributed by atoms with Crippen molar-refractivity contribution >= 4 is 22.4 Å². The molecule has 0 bridgehead atoms. The van der Waals surface area contributed by atoms with Crippen LogP contribution in [0, 0.1) is 0 Å². The molecule has 0 atom stereocenters. The number of nitrogens with zero attached hydrogens (tertiary/aromatic N) is 2. The van der Waals surface area contributed by atoms with E-state index in [1.807, 2.05) is 42.5 Å². The third-order valence-electron chi connectivity index (χ3n) is 4.00. The van der Waals surface area contributed by atoms with Gasteiger partial charge in [-0.3, -0.25) is 9.59 Å². The number of hydrogen-bond donors (Lipinski definition) is 1. The van der Waals surface area contributed by atoms with Crippen LogP contribution >= 0.6 is 0 Å². The summed E-state index contributed by atoms with van der Waals surface area (Å²) in [5.41, 5.74) is 0.837. The van der Waals surface area contributed by atoms with E-state index in [2.05, 4.69) is 10.4 Å². The van der Waals surface area contributed by atoms with Crippen molar-refractivity contribution in [1.82, 2.24) is 9.78 Å². The van der Waals surface area contributed by atoms with E-state index in [0.717, 1.165) is 15.5 Å². The molecule has 0 aliphatic rings. The van der Waals surface area contributed by atoms with Crippen molar-refractivity contribution in [2.45, 2.75) is 6.54 Å². The fraction of sp³-hybridized carbons (Fsp3) is 0.0500. The van der Waals surface area contributed by atoms with Gasteiger partial charge in [-0.05, 0) is 29.7 Å². The quantitative estimate of drug-likeness (QED) is 0.616. The molecule has 6 heteroatoms. The molecule has 0 aliphatic carbocycles. The van der Waals surface area contributed by atoms with Crippen LogP contribution in [0.4, 0.5) is 5.69 Å². The third-order valence-corrected chi connectivity index (χ3v) is 4.00. The van der Waals surface area contributed by atoms with E-state index in [1.165, 1.54) is 12.3 Å². The zero-order chi connectivity index (χ0) is 17.9. The molecule has 2 aromatic heterocycles. The topological polar surface area (TPSA) is 77.1 Å². The maximum atomic E-state index is 12.4. The van der Waals surface area contributed by atoms with Crippen LogP contribution in [0.2, 0.25) is 0 Å². The summed E-state index contributed by atoms with van der Waals surface area (Å²) in [7, 11) is 0. The summed E-state index contributed by atoms with van der Waals surface area (Å²) >= 11 is 0. The summed E-state index contributed by atoms with van der Waals surface area (Å²) in [5, 5.41) is 9.03. The first-order chi connectivity index (χ1) is 12.7. The van der Waals surface area contributed by atoms with Crippen molar-refractivity contribution in [3.8, 4) is 11.5 Å². The van der Waals surface area contributed by atoms with Gasteiger partial charge in [0.05, 0.1) is 6.26 Å². The molecule has 1 amide bonds. The Labute approximate surface area is 148 Å². The number of fused-ring (bicyclic) bond motifs is 1. The Hall–Kier alpha value is -3.67. The number of nitrogens with one attached hydrogen (secondary N) is 1. The van der Waals surface area contributed by atoms with E-state index in [1.54, 1.807) is 18.2 Å². The molecule has 0 fully saturated rings. The molecule has 0 aliphatic heterocycles. The molecule has 1 N–H and O–H groups in total. The van der Waals surface area contributed by atoms with E-state index in [-0.39, 0.29) is 18.0 Å². The zero-order valence-electron chi connectivity index (χ0n) is 13.8. The van der Waals surface area contributed by atoms with Crippen LogP contribution in [-0.2, 0) is 11.3 Å². The van der Waals surface area contributed by atoms with Crippen LogP contribution in [0.1, 0.15) is 0 Å². The van der Waals surface area contributed by atoms with Gasteiger partial charge in [0.25, 0.3) is 5.56 Å². The van der Waals surface area contributed by atoms with Crippen molar-refractivity contribution in [2.24, 2.45) is 0 Å². The number of amides is 1. The standard InChI is InChI=1S/C20H15N3O3/c24-19(21-16-8-3-6-14-5-1-2-7-15(14)16)13-23-20(25)11-10-17(22-23)18-9-4-12-26-18/h1-12H,13H2,(H,21,24). The SMILES string of the molecule is O=C(Cn1nc(-c2ccco2)ccc1=O)Nc1cccc2ccccc12. The number of carbonyl (C=O) groups excluding carboxylic acids is 1. The number of benzene rings is 2. The van der Waals surface area contributed by atoms with E-state index >= 15 is 0 Å². The van der Waals surface area contributed by atoms with E-state index in [0.29, 0.717) is 17.1 Å². The van der Waals surface area contributed by atoms with Gasteiger partial charge in [0.2, 0.25) is 5.91 Å². The van der Waals surface area contributed by atoms with E-state index in [4.69, 9.17) is 4.42 Å². The minimum Gasteiger partial charge on any atom is -0.463 e. The van der Waals surface area contributed by atoms with E-state index < -0.39 is 0 Å². The Morgan fingerprint density at radius 2 is 1.85 bits per heavy atom. The summed E-state index contributed by atoms with van der Waals surface area (Å²) in [6.07, 6.45) is 1.53. The third kappa shape index (κ3) is 3.12. The van der Waals surface area contributed by atoms with Crippen LogP contribution < -0.4 is 10.9 Å². The summed E-state index contributed by atoms with van der Waals surface area (Å²) < 4.78 is 6.41. The predicted molar refractivity (Wildman–Crippen MR) is 98.8 cm³/mol. The van der Waals surface area contributed by atoms with Crippen molar-refractivity contribution in [3.05, 3.63) is 83.3 Å². The summed E-state index contributed by atoms with van der Waals surface area (Å²) in [5.74, 6) is 0.209. The van der Waals surface area contributed by atoms with Crippen LogP contribution in [0.5, 0.6) is 0 Å². The summed E-state index contributed by atoms with van der Waals surface area (Å²) in [6, 6.07) is 19.9. The average molecular weight is 345 g/mol. The van der Waals surface area contributed by atoms with Gasteiger partial charge in [0, 0.05) is 17.1 Å². The van der Waals surface area contributed by atoms with Crippen molar-refractivity contribution in [2.75, 3.05) is 5.32 Å². The molecule has 6 nitrogen and oxygen atoms in total. The van der Waals surface area contributed by atoms with Crippen LogP contribution in [-0.4, -0.2) is 15.7 Å². The second-order valence-corrected chi connectivity index (χ2v) is 5.77. The molecule has 2 aromatic carbocycles. The lowest BCUT2D eigenvalue weighted by Crippen LogP contribution is -2.29. The molecule has 4 rings (SSSR count). The zero-order valence-corrected chi connectivity index (χ0v) is 13.8. The molecule has 0 saturated heterocycles. The number of anilines is 1. The molecule has 4 aromatic rings. The Morgan fingerprint density at radius 3 is 2.69 bits per heavy atom. The predicted octanol–water partition coefficient (Wildman–Crippen LogP) is 3.30. The summed E-state index contributed by atoms with van der Waals surface area (Å²) in [6.45, 7) is -0.184. The molecule has 128 valence electrons. The Balaban J connectivity index is 1.58. The molecule has 0 spiro atoms. The lowest BCUT2D eigenvalue weighted by Gasteiger charge is -2.10. The smallest absolute Gasteiger partial charge is 0.267 e. The van der Waals surface area contributed by atoms with Crippen molar-refractivity contribution in [1.29, 1.82) is 0 Å². The number of rotatable bonds is 4. The number of aromatic nitrogens is 2. The monoisotopic (exact) mass is 345 g/mol.